The normalized spacial score (nSPS) is 11.9. The van der Waals surface area contributed by atoms with E-state index in [-0.39, 0.29) is 0 Å². The minimum Gasteiger partial charge on any atom is -0.454 e. The van der Waals surface area contributed by atoms with Crippen molar-refractivity contribution in [1.29, 1.82) is 0 Å². The molecule has 41 heavy (non-hydrogen) atoms. The Hall–Kier alpha value is -5.54. The number of benzene rings is 6. The Bertz CT molecular complexity index is 2410. The van der Waals surface area contributed by atoms with Crippen molar-refractivity contribution in [2.45, 2.75) is 0 Å². The molecule has 0 amide bonds. The van der Waals surface area contributed by atoms with Crippen LogP contribution in [0.15, 0.2) is 150 Å². The fourth-order valence-corrected chi connectivity index (χ4v) is 6.50. The molecule has 6 aromatic carbocycles. The van der Waals surface area contributed by atoms with Crippen LogP contribution in [0.1, 0.15) is 0 Å². The lowest BCUT2D eigenvalue weighted by molar-refractivity contribution is 0.673. The molecule has 0 saturated carbocycles. The number of para-hydroxylation sites is 4. The van der Waals surface area contributed by atoms with Crippen molar-refractivity contribution in [2.24, 2.45) is 0 Å². The Morgan fingerprint density at radius 3 is 1.80 bits per heavy atom. The molecule has 0 aliphatic rings. The quantitative estimate of drug-likeness (QED) is 0.225. The SMILES string of the molecule is c1ccc(-n2c3ccccc3c3cc(-c4ccc5c6oc7ccccc7c6n(-c6ccccc6)c5c4)ccc32)cc1. The predicted octanol–water partition coefficient (Wildman–Crippen LogP) is 10.3. The number of furan rings is 1. The molecule has 3 heteroatoms. The molecule has 3 heterocycles. The van der Waals surface area contributed by atoms with E-state index in [1.54, 1.807) is 0 Å². The summed E-state index contributed by atoms with van der Waals surface area (Å²) in [4.78, 5) is 0. The zero-order valence-corrected chi connectivity index (χ0v) is 22.2. The van der Waals surface area contributed by atoms with Gasteiger partial charge in [0.2, 0.25) is 0 Å². The van der Waals surface area contributed by atoms with Crippen LogP contribution < -0.4 is 0 Å². The van der Waals surface area contributed by atoms with Crippen LogP contribution in [0.25, 0.3) is 77.3 Å². The lowest BCUT2D eigenvalue weighted by Gasteiger charge is -2.10. The molecule has 0 bridgehead atoms. The molecule has 3 nitrogen and oxygen atoms in total. The summed E-state index contributed by atoms with van der Waals surface area (Å²) < 4.78 is 11.1. The van der Waals surface area contributed by atoms with Crippen molar-refractivity contribution in [2.75, 3.05) is 0 Å². The smallest absolute Gasteiger partial charge is 0.161 e. The molecule has 0 aliphatic heterocycles. The molecular formula is C38H24N2O. The molecule has 0 atom stereocenters. The van der Waals surface area contributed by atoms with Gasteiger partial charge in [0.1, 0.15) is 11.1 Å². The second-order valence-electron chi connectivity index (χ2n) is 10.6. The number of hydrogen-bond acceptors (Lipinski definition) is 1. The van der Waals surface area contributed by atoms with Crippen LogP contribution in [0, 0.1) is 0 Å². The summed E-state index contributed by atoms with van der Waals surface area (Å²) >= 11 is 0. The van der Waals surface area contributed by atoms with Crippen molar-refractivity contribution in [1.82, 2.24) is 9.13 Å². The summed E-state index contributed by atoms with van der Waals surface area (Å²) in [6.45, 7) is 0. The van der Waals surface area contributed by atoms with Gasteiger partial charge in [-0.1, -0.05) is 78.9 Å². The number of hydrogen-bond donors (Lipinski definition) is 0. The summed E-state index contributed by atoms with van der Waals surface area (Å²) in [5, 5.41) is 4.75. The zero-order valence-electron chi connectivity index (χ0n) is 22.2. The van der Waals surface area contributed by atoms with Crippen LogP contribution in [-0.2, 0) is 0 Å². The Morgan fingerprint density at radius 1 is 0.390 bits per heavy atom. The number of fused-ring (bicyclic) bond motifs is 8. The van der Waals surface area contributed by atoms with Gasteiger partial charge in [-0.05, 0) is 77.9 Å². The van der Waals surface area contributed by atoms with E-state index >= 15 is 0 Å². The van der Waals surface area contributed by atoms with E-state index in [4.69, 9.17) is 4.42 Å². The molecule has 9 aromatic rings. The first-order valence-electron chi connectivity index (χ1n) is 14.0. The van der Waals surface area contributed by atoms with E-state index in [2.05, 4.69) is 143 Å². The highest BCUT2D eigenvalue weighted by molar-refractivity contribution is 6.17. The van der Waals surface area contributed by atoms with Crippen LogP contribution in [-0.4, -0.2) is 9.13 Å². The first kappa shape index (κ1) is 22.3. The monoisotopic (exact) mass is 524 g/mol. The van der Waals surface area contributed by atoms with Gasteiger partial charge in [-0.15, -0.1) is 0 Å². The third kappa shape index (κ3) is 3.20. The summed E-state index contributed by atoms with van der Waals surface area (Å²) in [5.41, 5.74) is 11.2. The average Bonchev–Trinajstić information content (AvgIpc) is 3.68. The van der Waals surface area contributed by atoms with Crippen molar-refractivity contribution in [3.8, 4) is 22.5 Å². The third-order valence-corrected chi connectivity index (χ3v) is 8.31. The highest BCUT2D eigenvalue weighted by Gasteiger charge is 2.20. The summed E-state index contributed by atoms with van der Waals surface area (Å²) in [5.74, 6) is 0. The molecule has 0 radical (unpaired) electrons. The van der Waals surface area contributed by atoms with Gasteiger partial charge in [0, 0.05) is 32.9 Å². The maximum atomic E-state index is 6.44. The first-order chi connectivity index (χ1) is 20.3. The van der Waals surface area contributed by atoms with Crippen molar-refractivity contribution in [3.05, 3.63) is 146 Å². The number of rotatable bonds is 3. The van der Waals surface area contributed by atoms with Gasteiger partial charge >= 0.3 is 0 Å². The molecular weight excluding hydrogens is 500 g/mol. The highest BCUT2D eigenvalue weighted by atomic mass is 16.3. The van der Waals surface area contributed by atoms with Gasteiger partial charge in [-0.3, -0.25) is 0 Å². The van der Waals surface area contributed by atoms with Gasteiger partial charge < -0.3 is 13.6 Å². The van der Waals surface area contributed by atoms with Crippen LogP contribution in [0.3, 0.4) is 0 Å². The number of nitrogens with zero attached hydrogens (tertiary/aromatic N) is 2. The Kier molecular flexibility index (Phi) is 4.61. The van der Waals surface area contributed by atoms with Gasteiger partial charge in [0.25, 0.3) is 0 Å². The first-order valence-corrected chi connectivity index (χ1v) is 14.0. The molecule has 9 rings (SSSR count). The molecule has 192 valence electrons. The third-order valence-electron chi connectivity index (χ3n) is 8.31. The van der Waals surface area contributed by atoms with E-state index in [0.29, 0.717) is 0 Å². The topological polar surface area (TPSA) is 23.0 Å². The molecule has 0 saturated heterocycles. The zero-order chi connectivity index (χ0) is 26.9. The fourth-order valence-electron chi connectivity index (χ4n) is 6.50. The Labute approximate surface area is 236 Å². The lowest BCUT2D eigenvalue weighted by atomic mass is 10.0. The molecule has 3 aromatic heterocycles. The van der Waals surface area contributed by atoms with Crippen molar-refractivity contribution >= 4 is 54.8 Å². The molecule has 0 aliphatic carbocycles. The predicted molar refractivity (Wildman–Crippen MR) is 170 cm³/mol. The van der Waals surface area contributed by atoms with Gasteiger partial charge in [-0.25, -0.2) is 0 Å². The summed E-state index contributed by atoms with van der Waals surface area (Å²) in [7, 11) is 0. The minimum atomic E-state index is 0.911. The standard InChI is InChI=1S/C38H24N2O/c1-3-11-27(12-4-1)39-33-17-9-7-15-29(33)32-23-25(20-22-34(32)39)26-19-21-30-35(24-26)40(28-13-5-2-6-14-28)37-31-16-8-10-18-36(31)41-38(30)37/h1-24H. The van der Waals surface area contributed by atoms with E-state index in [9.17, 15) is 0 Å². The Balaban J connectivity index is 1.31. The highest BCUT2D eigenvalue weighted by Crippen LogP contribution is 2.41. The van der Waals surface area contributed by atoms with E-state index in [1.807, 2.05) is 12.1 Å². The van der Waals surface area contributed by atoms with Crippen LogP contribution in [0.5, 0.6) is 0 Å². The lowest BCUT2D eigenvalue weighted by Crippen LogP contribution is -1.94. The second kappa shape index (κ2) is 8.48. The molecule has 0 fully saturated rings. The van der Waals surface area contributed by atoms with Crippen LogP contribution in [0.2, 0.25) is 0 Å². The Morgan fingerprint density at radius 2 is 1.00 bits per heavy atom. The summed E-state index contributed by atoms with van der Waals surface area (Å²) in [6.07, 6.45) is 0. The molecule has 0 spiro atoms. The van der Waals surface area contributed by atoms with Crippen LogP contribution in [0.4, 0.5) is 0 Å². The van der Waals surface area contributed by atoms with E-state index in [1.165, 1.54) is 38.6 Å². The minimum absolute atomic E-state index is 0.911. The molecule has 0 N–H and O–H groups in total. The van der Waals surface area contributed by atoms with Crippen molar-refractivity contribution in [3.63, 3.8) is 0 Å². The second-order valence-corrected chi connectivity index (χ2v) is 10.6. The molecule has 0 unspecified atom stereocenters. The fraction of sp³-hybridized carbons (Fsp3) is 0. The number of aromatic nitrogens is 2. The van der Waals surface area contributed by atoms with Gasteiger partial charge in [-0.2, -0.15) is 0 Å². The van der Waals surface area contributed by atoms with Gasteiger partial charge in [0.05, 0.1) is 16.6 Å². The van der Waals surface area contributed by atoms with E-state index < -0.39 is 0 Å². The average molecular weight is 525 g/mol. The van der Waals surface area contributed by atoms with Crippen molar-refractivity contribution < 1.29 is 4.42 Å². The van der Waals surface area contributed by atoms with Gasteiger partial charge in [0.15, 0.2) is 5.58 Å². The van der Waals surface area contributed by atoms with E-state index in [0.717, 1.165) is 38.7 Å². The largest absolute Gasteiger partial charge is 0.454 e. The maximum Gasteiger partial charge on any atom is 0.161 e. The maximum absolute atomic E-state index is 6.44. The van der Waals surface area contributed by atoms with Crippen LogP contribution >= 0.6 is 0 Å². The summed E-state index contributed by atoms with van der Waals surface area (Å²) in [6, 6.07) is 51.8.